The predicted molar refractivity (Wildman–Crippen MR) is 154 cm³/mol. The van der Waals surface area contributed by atoms with Crippen molar-refractivity contribution in [1.29, 1.82) is 0 Å². The number of hydrazone groups is 1. The molecule has 0 fully saturated rings. The molecule has 0 aliphatic carbocycles. The number of carbonyl (C=O) groups is 1. The van der Waals surface area contributed by atoms with Crippen LogP contribution >= 0.6 is 0 Å². The molecule has 6 nitrogen and oxygen atoms in total. The highest BCUT2D eigenvalue weighted by Gasteiger charge is 2.13. The maximum atomic E-state index is 12.8. The fourth-order valence-electron chi connectivity index (χ4n) is 4.34. The van der Waals surface area contributed by atoms with Crippen LogP contribution in [0.25, 0.3) is 16.9 Å². The molecule has 6 heteroatoms. The zero-order valence-corrected chi connectivity index (χ0v) is 22.1. The number of nitrogens with one attached hydrogen (secondary N) is 1. The first-order valence-electron chi connectivity index (χ1n) is 12.8. The Bertz CT molecular complexity index is 1420. The number of hydrogen-bond donors (Lipinski definition) is 1. The lowest BCUT2D eigenvalue weighted by Gasteiger charge is -2.15. The van der Waals surface area contributed by atoms with Crippen LogP contribution in [0.5, 0.6) is 11.5 Å². The Balaban J connectivity index is 1.50. The van der Waals surface area contributed by atoms with E-state index in [4.69, 9.17) is 9.47 Å². The summed E-state index contributed by atoms with van der Waals surface area (Å²) in [5, 5.41) is 4.18. The molecule has 4 aromatic rings. The van der Waals surface area contributed by atoms with E-state index in [2.05, 4.69) is 52.9 Å². The zero-order valence-electron chi connectivity index (χ0n) is 22.1. The minimum absolute atomic E-state index is 0.289. The van der Waals surface area contributed by atoms with Crippen LogP contribution in [0.1, 0.15) is 41.0 Å². The van der Waals surface area contributed by atoms with Gasteiger partial charge in [-0.1, -0.05) is 36.4 Å². The molecule has 1 amide bonds. The van der Waals surface area contributed by atoms with Crippen molar-refractivity contribution in [3.63, 3.8) is 0 Å². The summed E-state index contributed by atoms with van der Waals surface area (Å²) in [4.78, 5) is 12.8. The van der Waals surface area contributed by atoms with Crippen molar-refractivity contribution in [3.05, 3.63) is 114 Å². The molecule has 0 atom stereocenters. The van der Waals surface area contributed by atoms with Gasteiger partial charge in [0.1, 0.15) is 0 Å². The van der Waals surface area contributed by atoms with E-state index in [1.165, 1.54) is 0 Å². The number of aryl methyl sites for hydroxylation is 1. The van der Waals surface area contributed by atoms with Gasteiger partial charge in [-0.05, 0) is 86.8 Å². The van der Waals surface area contributed by atoms with Crippen LogP contribution in [-0.4, -0.2) is 29.9 Å². The van der Waals surface area contributed by atoms with Gasteiger partial charge in [0.2, 0.25) is 0 Å². The van der Waals surface area contributed by atoms with Gasteiger partial charge in [0, 0.05) is 22.5 Å². The van der Waals surface area contributed by atoms with E-state index >= 15 is 0 Å². The standard InChI is InChI=1S/C32H33N3O3/c1-5-11-27-20-24(21-30(37-6-2)31(27)38-7-3)22-33-34-32(36)26-15-17-28(18-16-26)35-23(4)14-19-29(35)25-12-9-8-10-13-25/h5,8-10,12-22H,1,6-7,11H2,2-4H3,(H,34,36)/b33-22+. The van der Waals surface area contributed by atoms with Gasteiger partial charge in [-0.3, -0.25) is 4.79 Å². The second-order valence-corrected chi connectivity index (χ2v) is 8.67. The lowest BCUT2D eigenvalue weighted by Crippen LogP contribution is -2.17. The van der Waals surface area contributed by atoms with Crippen LogP contribution in [0.15, 0.2) is 96.6 Å². The molecule has 0 saturated heterocycles. The summed E-state index contributed by atoms with van der Waals surface area (Å²) in [6, 6.07) is 25.8. The Kier molecular flexibility index (Phi) is 8.77. The largest absolute Gasteiger partial charge is 0.490 e. The van der Waals surface area contributed by atoms with E-state index in [0.29, 0.717) is 36.7 Å². The molecule has 1 heterocycles. The summed E-state index contributed by atoms with van der Waals surface area (Å²) in [6.07, 6.45) is 4.05. The highest BCUT2D eigenvalue weighted by molar-refractivity contribution is 5.95. The molecule has 0 saturated carbocycles. The molecule has 194 valence electrons. The van der Waals surface area contributed by atoms with Crippen molar-refractivity contribution in [2.24, 2.45) is 5.10 Å². The molecule has 3 aromatic carbocycles. The molecule has 0 unspecified atom stereocenters. The maximum Gasteiger partial charge on any atom is 0.271 e. The van der Waals surface area contributed by atoms with Crippen molar-refractivity contribution in [1.82, 2.24) is 9.99 Å². The zero-order chi connectivity index (χ0) is 26.9. The first-order valence-corrected chi connectivity index (χ1v) is 12.8. The minimum Gasteiger partial charge on any atom is -0.490 e. The lowest BCUT2D eigenvalue weighted by atomic mass is 10.1. The summed E-state index contributed by atoms with van der Waals surface area (Å²) >= 11 is 0. The quantitative estimate of drug-likeness (QED) is 0.139. The van der Waals surface area contributed by atoms with Crippen LogP contribution < -0.4 is 14.9 Å². The van der Waals surface area contributed by atoms with Gasteiger partial charge in [-0.2, -0.15) is 5.10 Å². The Labute approximate surface area is 224 Å². The normalized spacial score (nSPS) is 10.9. The molecular weight excluding hydrogens is 474 g/mol. The number of carbonyl (C=O) groups excluding carboxylic acids is 1. The molecule has 1 N–H and O–H groups in total. The van der Waals surface area contributed by atoms with Gasteiger partial charge < -0.3 is 14.0 Å². The molecule has 1 aromatic heterocycles. The van der Waals surface area contributed by atoms with Crippen LogP contribution in [-0.2, 0) is 6.42 Å². The van der Waals surface area contributed by atoms with Crippen molar-refractivity contribution < 1.29 is 14.3 Å². The van der Waals surface area contributed by atoms with Crippen molar-refractivity contribution in [2.75, 3.05) is 13.2 Å². The van der Waals surface area contributed by atoms with Gasteiger partial charge in [0.05, 0.1) is 25.1 Å². The van der Waals surface area contributed by atoms with E-state index in [0.717, 1.165) is 33.8 Å². The number of amides is 1. The van der Waals surface area contributed by atoms with Gasteiger partial charge in [0.25, 0.3) is 5.91 Å². The molecular formula is C32H33N3O3. The smallest absolute Gasteiger partial charge is 0.271 e. The van der Waals surface area contributed by atoms with Crippen molar-refractivity contribution in [2.45, 2.75) is 27.2 Å². The number of benzene rings is 3. The second kappa shape index (κ2) is 12.6. The van der Waals surface area contributed by atoms with Crippen molar-refractivity contribution in [3.8, 4) is 28.4 Å². The van der Waals surface area contributed by atoms with Crippen LogP contribution in [0, 0.1) is 6.92 Å². The van der Waals surface area contributed by atoms with Gasteiger partial charge in [0.15, 0.2) is 11.5 Å². The molecule has 0 aliphatic heterocycles. The SMILES string of the molecule is C=CCc1cc(/C=N/NC(=O)c2ccc(-n3c(C)ccc3-c3ccccc3)cc2)cc(OCC)c1OCC. The summed E-state index contributed by atoms with van der Waals surface area (Å²) < 4.78 is 13.8. The third-order valence-electron chi connectivity index (χ3n) is 6.02. The molecule has 0 bridgehead atoms. The fourth-order valence-corrected chi connectivity index (χ4v) is 4.34. The van der Waals surface area contributed by atoms with Crippen LogP contribution in [0.3, 0.4) is 0 Å². The van der Waals surface area contributed by atoms with Gasteiger partial charge in [-0.25, -0.2) is 5.43 Å². The highest BCUT2D eigenvalue weighted by atomic mass is 16.5. The molecule has 0 radical (unpaired) electrons. The molecule has 0 aliphatic rings. The topological polar surface area (TPSA) is 64.9 Å². The predicted octanol–water partition coefficient (Wildman–Crippen LogP) is 6.74. The Hall–Kier alpha value is -4.58. The third-order valence-corrected chi connectivity index (χ3v) is 6.02. The Morgan fingerprint density at radius 3 is 2.39 bits per heavy atom. The third kappa shape index (κ3) is 6.03. The first-order chi connectivity index (χ1) is 18.5. The van der Waals surface area contributed by atoms with Crippen LogP contribution in [0.4, 0.5) is 0 Å². The molecule has 0 spiro atoms. The number of nitrogens with zero attached hydrogens (tertiary/aromatic N) is 2. The molecule has 4 rings (SSSR count). The lowest BCUT2D eigenvalue weighted by molar-refractivity contribution is 0.0955. The van der Waals surface area contributed by atoms with E-state index in [1.807, 2.05) is 62.4 Å². The summed E-state index contributed by atoms with van der Waals surface area (Å²) in [7, 11) is 0. The number of hydrogen-bond acceptors (Lipinski definition) is 4. The van der Waals surface area contributed by atoms with E-state index in [9.17, 15) is 4.79 Å². The number of allylic oxidation sites excluding steroid dienone is 1. The maximum absolute atomic E-state index is 12.8. The van der Waals surface area contributed by atoms with Crippen LogP contribution in [0.2, 0.25) is 0 Å². The second-order valence-electron chi connectivity index (χ2n) is 8.67. The Morgan fingerprint density at radius 2 is 1.71 bits per heavy atom. The van der Waals surface area contributed by atoms with E-state index in [-0.39, 0.29) is 5.91 Å². The van der Waals surface area contributed by atoms with Crippen molar-refractivity contribution >= 4 is 12.1 Å². The van der Waals surface area contributed by atoms with Gasteiger partial charge in [-0.15, -0.1) is 6.58 Å². The monoisotopic (exact) mass is 507 g/mol. The summed E-state index contributed by atoms with van der Waals surface area (Å²) in [5.41, 5.74) is 9.22. The fraction of sp³-hybridized carbons (Fsp3) is 0.188. The van der Waals surface area contributed by atoms with E-state index in [1.54, 1.807) is 18.3 Å². The minimum atomic E-state index is -0.289. The summed E-state index contributed by atoms with van der Waals surface area (Å²) in [6.45, 7) is 10.8. The number of aromatic nitrogens is 1. The van der Waals surface area contributed by atoms with E-state index < -0.39 is 0 Å². The highest BCUT2D eigenvalue weighted by Crippen LogP contribution is 2.33. The number of ether oxygens (including phenoxy) is 2. The molecule has 38 heavy (non-hydrogen) atoms. The first kappa shape index (κ1) is 26.5. The van der Waals surface area contributed by atoms with Gasteiger partial charge >= 0.3 is 0 Å². The summed E-state index contributed by atoms with van der Waals surface area (Å²) in [5.74, 6) is 1.07. The Morgan fingerprint density at radius 1 is 0.974 bits per heavy atom. The average molecular weight is 508 g/mol. The average Bonchev–Trinajstić information content (AvgIpc) is 3.32. The number of rotatable bonds is 11.